The molecule has 0 fully saturated rings. The van der Waals surface area contributed by atoms with Gasteiger partial charge >= 0.3 is 0 Å². The van der Waals surface area contributed by atoms with Crippen molar-refractivity contribution in [3.8, 4) is 0 Å². The van der Waals surface area contributed by atoms with Crippen molar-refractivity contribution in [2.75, 3.05) is 13.6 Å². The summed E-state index contributed by atoms with van der Waals surface area (Å²) in [5.41, 5.74) is 0. The third-order valence-electron chi connectivity index (χ3n) is 2.31. The lowest BCUT2D eigenvalue weighted by atomic mass is 10.2. The van der Waals surface area contributed by atoms with Gasteiger partial charge in [0.15, 0.2) is 5.96 Å². The largest absolute Gasteiger partial charge is 0.356 e. The van der Waals surface area contributed by atoms with E-state index in [0.29, 0.717) is 19.0 Å². The summed E-state index contributed by atoms with van der Waals surface area (Å²) < 4.78 is 0. The Kier molecular flexibility index (Phi) is 12.7. The zero-order valence-corrected chi connectivity index (χ0v) is 14.4. The second-order valence-corrected chi connectivity index (χ2v) is 4.42. The molecule has 1 amide bonds. The molecule has 1 unspecified atom stereocenters. The first-order valence-electron chi connectivity index (χ1n) is 6.26. The molecule has 0 saturated heterocycles. The minimum atomic E-state index is 0. The van der Waals surface area contributed by atoms with E-state index in [1.165, 1.54) is 0 Å². The highest BCUT2D eigenvalue weighted by Crippen LogP contribution is 1.89. The van der Waals surface area contributed by atoms with Gasteiger partial charge in [-0.1, -0.05) is 6.92 Å². The SMILES string of the molecule is CCC(C)NC(=O)CCNC(=NC)NC(C)C.I. The normalized spacial score (nSPS) is 12.7. The van der Waals surface area contributed by atoms with Gasteiger partial charge in [0.2, 0.25) is 5.91 Å². The Labute approximate surface area is 128 Å². The first kappa shape index (κ1) is 19.8. The lowest BCUT2D eigenvalue weighted by Crippen LogP contribution is -2.42. The highest BCUT2D eigenvalue weighted by molar-refractivity contribution is 14.0. The summed E-state index contributed by atoms with van der Waals surface area (Å²) in [7, 11) is 1.72. The van der Waals surface area contributed by atoms with E-state index < -0.39 is 0 Å². The van der Waals surface area contributed by atoms with E-state index in [-0.39, 0.29) is 35.9 Å². The van der Waals surface area contributed by atoms with Gasteiger partial charge in [-0.2, -0.15) is 0 Å². The Morgan fingerprint density at radius 2 is 1.83 bits per heavy atom. The number of halogens is 1. The highest BCUT2D eigenvalue weighted by atomic mass is 127. The van der Waals surface area contributed by atoms with Crippen molar-refractivity contribution in [2.24, 2.45) is 4.99 Å². The van der Waals surface area contributed by atoms with Crippen LogP contribution in [-0.4, -0.2) is 37.5 Å². The number of hydrogen-bond acceptors (Lipinski definition) is 2. The molecule has 0 aromatic rings. The van der Waals surface area contributed by atoms with Gasteiger partial charge < -0.3 is 16.0 Å². The molecule has 18 heavy (non-hydrogen) atoms. The Hall–Kier alpha value is -0.530. The summed E-state index contributed by atoms with van der Waals surface area (Å²) in [4.78, 5) is 15.6. The maximum atomic E-state index is 11.5. The van der Waals surface area contributed by atoms with Gasteiger partial charge in [-0.25, -0.2) is 0 Å². The van der Waals surface area contributed by atoms with Crippen LogP contribution < -0.4 is 16.0 Å². The van der Waals surface area contributed by atoms with E-state index in [1.807, 2.05) is 20.8 Å². The minimum Gasteiger partial charge on any atom is -0.356 e. The van der Waals surface area contributed by atoms with Gasteiger partial charge in [0, 0.05) is 32.1 Å². The molecular weight excluding hydrogens is 343 g/mol. The van der Waals surface area contributed by atoms with Crippen molar-refractivity contribution in [2.45, 2.75) is 52.6 Å². The fourth-order valence-electron chi connectivity index (χ4n) is 1.21. The van der Waals surface area contributed by atoms with Crippen molar-refractivity contribution >= 4 is 35.8 Å². The van der Waals surface area contributed by atoms with Gasteiger partial charge in [-0.3, -0.25) is 9.79 Å². The van der Waals surface area contributed by atoms with E-state index in [4.69, 9.17) is 0 Å². The average Bonchev–Trinajstić information content (AvgIpc) is 2.26. The first-order chi connectivity index (χ1) is 7.99. The summed E-state index contributed by atoms with van der Waals surface area (Å²) in [5.74, 6) is 0.809. The van der Waals surface area contributed by atoms with Crippen LogP contribution in [0.1, 0.15) is 40.5 Å². The Morgan fingerprint density at radius 1 is 1.22 bits per heavy atom. The topological polar surface area (TPSA) is 65.5 Å². The molecule has 0 aliphatic heterocycles. The molecule has 0 rings (SSSR count). The summed E-state index contributed by atoms with van der Waals surface area (Å²) in [6.07, 6.45) is 1.42. The second kappa shape index (κ2) is 11.6. The zero-order chi connectivity index (χ0) is 13.3. The maximum Gasteiger partial charge on any atom is 0.221 e. The summed E-state index contributed by atoms with van der Waals surface area (Å²) in [5, 5.41) is 9.19. The average molecular weight is 370 g/mol. The van der Waals surface area contributed by atoms with Crippen LogP contribution in [0.4, 0.5) is 0 Å². The molecule has 0 saturated carbocycles. The van der Waals surface area contributed by atoms with Crippen LogP contribution in [0.25, 0.3) is 0 Å². The molecule has 0 aromatic carbocycles. The predicted octanol–water partition coefficient (Wildman–Crippen LogP) is 1.48. The maximum absolute atomic E-state index is 11.5. The highest BCUT2D eigenvalue weighted by Gasteiger charge is 2.05. The van der Waals surface area contributed by atoms with Crippen molar-refractivity contribution in [1.82, 2.24) is 16.0 Å². The van der Waals surface area contributed by atoms with Gasteiger partial charge in [0.1, 0.15) is 0 Å². The standard InChI is InChI=1S/C12H26N4O.HI/c1-6-10(4)16-11(17)7-8-14-12(13-5)15-9(2)3;/h9-10H,6-8H2,1-5H3,(H,16,17)(H2,13,14,15);1H. The summed E-state index contributed by atoms with van der Waals surface area (Å²) >= 11 is 0. The van der Waals surface area contributed by atoms with Crippen molar-refractivity contribution in [1.29, 1.82) is 0 Å². The number of rotatable bonds is 6. The van der Waals surface area contributed by atoms with Crippen molar-refractivity contribution in [3.05, 3.63) is 0 Å². The third kappa shape index (κ3) is 10.6. The van der Waals surface area contributed by atoms with Gasteiger partial charge in [-0.15, -0.1) is 24.0 Å². The molecule has 0 heterocycles. The monoisotopic (exact) mass is 370 g/mol. The zero-order valence-electron chi connectivity index (χ0n) is 12.0. The molecule has 6 heteroatoms. The molecule has 108 valence electrons. The van der Waals surface area contributed by atoms with E-state index in [0.717, 1.165) is 12.4 Å². The van der Waals surface area contributed by atoms with Crippen LogP contribution in [0.3, 0.4) is 0 Å². The number of nitrogens with one attached hydrogen (secondary N) is 3. The van der Waals surface area contributed by atoms with E-state index in [1.54, 1.807) is 7.05 Å². The molecule has 0 radical (unpaired) electrons. The Morgan fingerprint density at radius 3 is 2.28 bits per heavy atom. The predicted molar refractivity (Wildman–Crippen MR) is 87.6 cm³/mol. The molecule has 0 aliphatic rings. The first-order valence-corrected chi connectivity index (χ1v) is 6.26. The number of aliphatic imine (C=N–C) groups is 1. The van der Waals surface area contributed by atoms with Crippen LogP contribution >= 0.6 is 24.0 Å². The van der Waals surface area contributed by atoms with Crippen LogP contribution in [-0.2, 0) is 4.79 Å². The van der Waals surface area contributed by atoms with Gasteiger partial charge in [0.05, 0.1) is 0 Å². The number of guanidine groups is 1. The lowest BCUT2D eigenvalue weighted by molar-refractivity contribution is -0.121. The second-order valence-electron chi connectivity index (χ2n) is 4.42. The molecule has 0 aliphatic carbocycles. The van der Waals surface area contributed by atoms with Crippen LogP contribution in [0.15, 0.2) is 4.99 Å². The Bertz CT molecular complexity index is 256. The van der Waals surface area contributed by atoms with E-state index in [2.05, 4.69) is 27.9 Å². The quantitative estimate of drug-likeness (QED) is 0.377. The van der Waals surface area contributed by atoms with Gasteiger partial charge in [0.25, 0.3) is 0 Å². The third-order valence-corrected chi connectivity index (χ3v) is 2.31. The molecule has 0 aromatic heterocycles. The minimum absolute atomic E-state index is 0. The van der Waals surface area contributed by atoms with Crippen LogP contribution in [0.5, 0.6) is 0 Å². The number of hydrogen-bond donors (Lipinski definition) is 3. The summed E-state index contributed by atoms with van der Waals surface area (Å²) in [6.45, 7) is 8.74. The molecule has 0 spiro atoms. The molecule has 0 bridgehead atoms. The van der Waals surface area contributed by atoms with Crippen molar-refractivity contribution < 1.29 is 4.79 Å². The molecule has 1 atom stereocenters. The van der Waals surface area contributed by atoms with Crippen molar-refractivity contribution in [3.63, 3.8) is 0 Å². The van der Waals surface area contributed by atoms with E-state index >= 15 is 0 Å². The fraction of sp³-hybridized carbons (Fsp3) is 0.833. The lowest BCUT2D eigenvalue weighted by Gasteiger charge is -2.15. The molecule has 5 nitrogen and oxygen atoms in total. The fourth-order valence-corrected chi connectivity index (χ4v) is 1.21. The number of carbonyl (C=O) groups excluding carboxylic acids is 1. The number of nitrogens with zero attached hydrogens (tertiary/aromatic N) is 1. The number of carbonyl (C=O) groups is 1. The van der Waals surface area contributed by atoms with Crippen LogP contribution in [0.2, 0.25) is 0 Å². The molecular formula is C12H27IN4O. The molecule has 3 N–H and O–H groups in total. The van der Waals surface area contributed by atoms with Gasteiger partial charge in [-0.05, 0) is 27.2 Å². The smallest absolute Gasteiger partial charge is 0.221 e. The summed E-state index contributed by atoms with van der Waals surface area (Å²) in [6, 6.07) is 0.575. The van der Waals surface area contributed by atoms with E-state index in [9.17, 15) is 4.79 Å². The van der Waals surface area contributed by atoms with Crippen LogP contribution in [0, 0.1) is 0 Å². The number of amides is 1. The Balaban J connectivity index is 0.